The molecule has 0 fully saturated rings. The van der Waals surface area contributed by atoms with Crippen molar-refractivity contribution in [2.24, 2.45) is 0 Å². The number of benzene rings is 3. The Kier molecular flexibility index (Phi) is 13.1. The standard InChI is InChI=1S/C33H36O7/c34-30(28-18-8-3-9-19-28)22-23-32(36)39-25-29(40-33(37)21-11-17-27-14-6-2-7-15-27)24-38-31(35)20-10-16-26-12-4-1-5-13-26/h1-9,12-15,18-19,29H,10-11,16-17,20-25H2. The first kappa shape index (κ1) is 30.3. The Labute approximate surface area is 235 Å². The van der Waals surface area contributed by atoms with Gasteiger partial charge in [0, 0.05) is 24.8 Å². The summed E-state index contributed by atoms with van der Waals surface area (Å²) in [6.45, 7) is -0.481. The first-order valence-electron chi connectivity index (χ1n) is 13.7. The molecular formula is C33H36O7. The molecule has 0 aromatic heterocycles. The van der Waals surface area contributed by atoms with Crippen LogP contribution in [-0.2, 0) is 41.4 Å². The molecule has 1 unspecified atom stereocenters. The van der Waals surface area contributed by atoms with E-state index in [2.05, 4.69) is 0 Å². The van der Waals surface area contributed by atoms with Gasteiger partial charge >= 0.3 is 17.9 Å². The molecule has 0 bridgehead atoms. The first-order valence-corrected chi connectivity index (χ1v) is 13.7. The maximum Gasteiger partial charge on any atom is 0.306 e. The molecule has 0 saturated carbocycles. The van der Waals surface area contributed by atoms with Crippen LogP contribution in [-0.4, -0.2) is 43.0 Å². The molecular weight excluding hydrogens is 508 g/mol. The lowest BCUT2D eigenvalue weighted by Crippen LogP contribution is -2.31. The summed E-state index contributed by atoms with van der Waals surface area (Å²) in [7, 11) is 0. The van der Waals surface area contributed by atoms with Gasteiger partial charge in [-0.1, -0.05) is 91.0 Å². The first-order chi connectivity index (χ1) is 19.5. The number of ether oxygens (including phenoxy) is 3. The van der Waals surface area contributed by atoms with E-state index in [1.54, 1.807) is 24.3 Å². The molecule has 0 aliphatic heterocycles. The molecule has 40 heavy (non-hydrogen) atoms. The molecule has 0 N–H and O–H groups in total. The van der Waals surface area contributed by atoms with Crippen molar-refractivity contribution in [2.75, 3.05) is 13.2 Å². The third kappa shape index (κ3) is 12.1. The summed E-state index contributed by atoms with van der Waals surface area (Å²) >= 11 is 0. The lowest BCUT2D eigenvalue weighted by Gasteiger charge is -2.18. The second-order valence-electron chi connectivity index (χ2n) is 9.45. The summed E-state index contributed by atoms with van der Waals surface area (Å²) in [4.78, 5) is 49.3. The Morgan fingerprint density at radius 1 is 0.525 bits per heavy atom. The molecule has 0 aliphatic carbocycles. The molecule has 0 aliphatic rings. The summed E-state index contributed by atoms with van der Waals surface area (Å²) in [6, 6.07) is 28.4. The lowest BCUT2D eigenvalue weighted by molar-refractivity contribution is -0.166. The number of aryl methyl sites for hydroxylation is 2. The number of rotatable bonds is 17. The van der Waals surface area contributed by atoms with Crippen molar-refractivity contribution in [2.45, 2.75) is 57.5 Å². The van der Waals surface area contributed by atoms with Gasteiger partial charge in [-0.05, 0) is 36.8 Å². The van der Waals surface area contributed by atoms with Gasteiger partial charge in [0.05, 0.1) is 6.42 Å². The van der Waals surface area contributed by atoms with Crippen molar-refractivity contribution in [3.05, 3.63) is 108 Å². The van der Waals surface area contributed by atoms with E-state index in [1.807, 2.05) is 66.7 Å². The Balaban J connectivity index is 1.44. The number of ketones is 1. The van der Waals surface area contributed by atoms with Crippen LogP contribution in [0.25, 0.3) is 0 Å². The van der Waals surface area contributed by atoms with Crippen molar-refractivity contribution < 1.29 is 33.4 Å². The molecule has 3 aromatic carbocycles. The van der Waals surface area contributed by atoms with Crippen molar-refractivity contribution in [3.8, 4) is 0 Å². The van der Waals surface area contributed by atoms with Gasteiger partial charge in [0.1, 0.15) is 13.2 Å². The number of esters is 3. The fourth-order valence-corrected chi connectivity index (χ4v) is 4.02. The van der Waals surface area contributed by atoms with Crippen LogP contribution in [0, 0.1) is 0 Å². The minimum absolute atomic E-state index is 0.00316. The van der Waals surface area contributed by atoms with Crippen LogP contribution < -0.4 is 0 Å². The highest BCUT2D eigenvalue weighted by Crippen LogP contribution is 2.10. The lowest BCUT2D eigenvalue weighted by atomic mass is 10.1. The molecule has 1 atom stereocenters. The summed E-state index contributed by atoms with van der Waals surface area (Å²) in [5.41, 5.74) is 2.78. The molecule has 3 rings (SSSR count). The fourth-order valence-electron chi connectivity index (χ4n) is 4.02. The Bertz CT molecular complexity index is 1190. The molecule has 7 heteroatoms. The topological polar surface area (TPSA) is 96.0 Å². The summed E-state index contributed by atoms with van der Waals surface area (Å²) in [5.74, 6) is -1.64. The van der Waals surface area contributed by atoms with Crippen LogP contribution in [0.3, 0.4) is 0 Å². The van der Waals surface area contributed by atoms with E-state index in [1.165, 1.54) is 0 Å². The SMILES string of the molecule is O=C(CCCc1ccccc1)OCC(COC(=O)CCC(=O)c1ccccc1)OC(=O)CCCc1ccccc1. The molecule has 0 radical (unpaired) electrons. The van der Waals surface area contributed by atoms with Gasteiger partial charge in [0.2, 0.25) is 0 Å². The summed E-state index contributed by atoms with van der Waals surface area (Å²) < 4.78 is 16.1. The Hall–Kier alpha value is -4.26. The molecule has 210 valence electrons. The second kappa shape index (κ2) is 17.4. The zero-order valence-electron chi connectivity index (χ0n) is 22.7. The van der Waals surface area contributed by atoms with Gasteiger partial charge < -0.3 is 14.2 Å². The zero-order chi connectivity index (χ0) is 28.4. The van der Waals surface area contributed by atoms with E-state index in [0.29, 0.717) is 18.4 Å². The molecule has 0 saturated heterocycles. The zero-order valence-corrected chi connectivity index (χ0v) is 22.7. The fraction of sp³-hybridized carbons (Fsp3) is 0.333. The third-order valence-corrected chi connectivity index (χ3v) is 6.19. The van der Waals surface area contributed by atoms with Crippen molar-refractivity contribution >= 4 is 23.7 Å². The van der Waals surface area contributed by atoms with Crippen LogP contribution in [0.1, 0.15) is 60.0 Å². The van der Waals surface area contributed by atoms with E-state index < -0.39 is 24.0 Å². The molecule has 0 heterocycles. The van der Waals surface area contributed by atoms with Crippen LogP contribution in [0.2, 0.25) is 0 Å². The van der Waals surface area contributed by atoms with Gasteiger partial charge in [-0.2, -0.15) is 0 Å². The van der Waals surface area contributed by atoms with Gasteiger partial charge in [-0.25, -0.2) is 0 Å². The smallest absolute Gasteiger partial charge is 0.306 e. The largest absolute Gasteiger partial charge is 0.462 e. The van der Waals surface area contributed by atoms with Crippen molar-refractivity contribution in [3.63, 3.8) is 0 Å². The van der Waals surface area contributed by atoms with Gasteiger partial charge in [-0.3, -0.25) is 19.2 Å². The number of hydrogen-bond acceptors (Lipinski definition) is 7. The third-order valence-electron chi connectivity index (χ3n) is 6.19. The van der Waals surface area contributed by atoms with Gasteiger partial charge in [0.15, 0.2) is 11.9 Å². The minimum Gasteiger partial charge on any atom is -0.462 e. The van der Waals surface area contributed by atoms with E-state index >= 15 is 0 Å². The number of carbonyl (C=O) groups excluding carboxylic acids is 4. The summed E-state index contributed by atoms with van der Waals surface area (Å²) in [5, 5.41) is 0. The minimum atomic E-state index is -0.934. The van der Waals surface area contributed by atoms with Crippen LogP contribution in [0.5, 0.6) is 0 Å². The second-order valence-corrected chi connectivity index (χ2v) is 9.45. The Morgan fingerprint density at radius 2 is 0.975 bits per heavy atom. The summed E-state index contributed by atoms with van der Waals surface area (Å²) in [6.07, 6.45) is 2.04. The van der Waals surface area contributed by atoms with Crippen LogP contribution >= 0.6 is 0 Å². The molecule has 3 aromatic rings. The average Bonchev–Trinajstić information content (AvgIpc) is 2.98. The number of carbonyl (C=O) groups is 4. The number of hydrogen-bond donors (Lipinski definition) is 0. The maximum absolute atomic E-state index is 12.5. The highest BCUT2D eigenvalue weighted by molar-refractivity contribution is 5.97. The predicted octanol–water partition coefficient (Wildman–Crippen LogP) is 5.69. The van der Waals surface area contributed by atoms with E-state index in [-0.39, 0.29) is 44.7 Å². The average molecular weight is 545 g/mol. The van der Waals surface area contributed by atoms with Crippen LogP contribution in [0.15, 0.2) is 91.0 Å². The molecule has 7 nitrogen and oxygen atoms in total. The predicted molar refractivity (Wildman–Crippen MR) is 151 cm³/mol. The van der Waals surface area contributed by atoms with Crippen LogP contribution in [0.4, 0.5) is 0 Å². The normalized spacial score (nSPS) is 11.3. The quantitative estimate of drug-likeness (QED) is 0.122. The van der Waals surface area contributed by atoms with Gasteiger partial charge in [-0.15, -0.1) is 0 Å². The van der Waals surface area contributed by atoms with E-state index in [9.17, 15) is 19.2 Å². The Morgan fingerprint density at radius 3 is 1.50 bits per heavy atom. The van der Waals surface area contributed by atoms with Crippen molar-refractivity contribution in [1.82, 2.24) is 0 Å². The monoisotopic (exact) mass is 544 g/mol. The van der Waals surface area contributed by atoms with Crippen molar-refractivity contribution in [1.29, 1.82) is 0 Å². The van der Waals surface area contributed by atoms with E-state index in [4.69, 9.17) is 14.2 Å². The maximum atomic E-state index is 12.5. The van der Waals surface area contributed by atoms with Gasteiger partial charge in [0.25, 0.3) is 0 Å². The highest BCUT2D eigenvalue weighted by atomic mass is 16.6. The van der Waals surface area contributed by atoms with E-state index in [0.717, 1.165) is 24.0 Å². The highest BCUT2D eigenvalue weighted by Gasteiger charge is 2.20. The number of Topliss-reactive ketones (excluding diaryl/α,β-unsaturated/α-hetero) is 1. The molecule has 0 amide bonds. The molecule has 0 spiro atoms.